The summed E-state index contributed by atoms with van der Waals surface area (Å²) in [6, 6.07) is 8.18. The number of benzene rings is 1. The highest BCUT2D eigenvalue weighted by molar-refractivity contribution is 5.95. The van der Waals surface area contributed by atoms with Crippen molar-refractivity contribution in [3.05, 3.63) is 47.3 Å². The van der Waals surface area contributed by atoms with Crippen LogP contribution in [0.4, 0.5) is 0 Å². The van der Waals surface area contributed by atoms with Crippen LogP contribution >= 0.6 is 0 Å². The lowest BCUT2D eigenvalue weighted by molar-refractivity contribution is 0.0273. The second-order valence-electron chi connectivity index (χ2n) is 7.35. The zero-order valence-corrected chi connectivity index (χ0v) is 16.5. The number of amides is 1. The van der Waals surface area contributed by atoms with Crippen LogP contribution in [0.2, 0.25) is 0 Å². The lowest BCUT2D eigenvalue weighted by Crippen LogP contribution is -2.27. The summed E-state index contributed by atoms with van der Waals surface area (Å²) in [5.74, 6) is -0.0529. The number of hydrogen-bond donors (Lipinski definition) is 1. The first-order chi connectivity index (χ1) is 13.2. The maximum Gasteiger partial charge on any atom is 0.254 e. The van der Waals surface area contributed by atoms with Gasteiger partial charge in [-0.15, -0.1) is 0 Å². The van der Waals surface area contributed by atoms with Crippen molar-refractivity contribution < 1.29 is 9.53 Å². The highest BCUT2D eigenvalue weighted by atomic mass is 16.5. The molecule has 0 atom stereocenters. The van der Waals surface area contributed by atoms with Gasteiger partial charge < -0.3 is 10.1 Å². The summed E-state index contributed by atoms with van der Waals surface area (Å²) in [6.45, 7) is 5.46. The number of carbonyl (C=O) groups is 1. The van der Waals surface area contributed by atoms with Crippen molar-refractivity contribution in [2.75, 3.05) is 13.2 Å². The van der Waals surface area contributed by atoms with Crippen molar-refractivity contribution >= 4 is 5.91 Å². The summed E-state index contributed by atoms with van der Waals surface area (Å²) in [5.41, 5.74) is 3.79. The number of rotatable bonds is 8. The van der Waals surface area contributed by atoms with E-state index in [0.29, 0.717) is 24.8 Å². The summed E-state index contributed by atoms with van der Waals surface area (Å²) >= 11 is 0. The number of ether oxygens (including phenoxy) is 1. The molecule has 1 N–H and O–H groups in total. The molecule has 1 aliphatic rings. The maximum atomic E-state index is 12.6. The van der Waals surface area contributed by atoms with Crippen LogP contribution in [0.25, 0.3) is 5.69 Å². The Morgan fingerprint density at radius 3 is 2.67 bits per heavy atom. The molecule has 1 aromatic heterocycles. The zero-order chi connectivity index (χ0) is 19.1. The first-order valence-corrected chi connectivity index (χ1v) is 10.2. The van der Waals surface area contributed by atoms with Crippen LogP contribution in [0.5, 0.6) is 0 Å². The van der Waals surface area contributed by atoms with Gasteiger partial charge in [-0.1, -0.05) is 43.9 Å². The van der Waals surface area contributed by atoms with E-state index in [1.54, 1.807) is 6.20 Å². The lowest BCUT2D eigenvalue weighted by Gasteiger charge is -2.21. The Labute approximate surface area is 162 Å². The molecule has 0 unspecified atom stereocenters. The molecule has 5 nitrogen and oxygen atoms in total. The molecular weight excluding hydrogens is 338 g/mol. The smallest absolute Gasteiger partial charge is 0.254 e. The number of carbonyl (C=O) groups excluding carboxylic acids is 1. The summed E-state index contributed by atoms with van der Waals surface area (Å²) in [5, 5.41) is 7.46. The maximum absolute atomic E-state index is 12.6. The molecule has 5 heteroatoms. The second-order valence-corrected chi connectivity index (χ2v) is 7.35. The number of aromatic nitrogens is 2. The Balaban J connectivity index is 1.51. The third kappa shape index (κ3) is 5.19. The van der Waals surface area contributed by atoms with Crippen molar-refractivity contribution in [2.24, 2.45) is 0 Å². The Bertz CT molecular complexity index is 731. The standard InChI is InChI=1S/C22H31N3O2/c1-3-21-20(16-24-25(21)18-12-10-17(2)11-13-18)22(26)23-14-7-15-27-19-8-5-4-6-9-19/h10-13,16,19H,3-9,14-15H2,1-2H3,(H,23,26). The molecule has 27 heavy (non-hydrogen) atoms. The largest absolute Gasteiger partial charge is 0.378 e. The third-order valence-corrected chi connectivity index (χ3v) is 5.24. The second kappa shape index (κ2) is 9.70. The van der Waals surface area contributed by atoms with Crippen molar-refractivity contribution in [1.29, 1.82) is 0 Å². The van der Waals surface area contributed by atoms with E-state index in [1.165, 1.54) is 37.7 Å². The summed E-state index contributed by atoms with van der Waals surface area (Å²) in [4.78, 5) is 12.6. The first-order valence-electron chi connectivity index (χ1n) is 10.2. The summed E-state index contributed by atoms with van der Waals surface area (Å²) in [6.07, 6.45) is 9.97. The molecule has 1 fully saturated rings. The molecule has 1 aromatic carbocycles. The molecular formula is C22H31N3O2. The summed E-state index contributed by atoms with van der Waals surface area (Å²) < 4.78 is 7.78. The average Bonchev–Trinajstić information content (AvgIpc) is 3.13. The minimum absolute atomic E-state index is 0.0529. The van der Waals surface area contributed by atoms with Gasteiger partial charge in [0.2, 0.25) is 0 Å². The van der Waals surface area contributed by atoms with E-state index in [-0.39, 0.29) is 5.91 Å². The number of nitrogens with zero attached hydrogens (tertiary/aromatic N) is 2. The van der Waals surface area contributed by atoms with Gasteiger partial charge in [-0.2, -0.15) is 5.10 Å². The average molecular weight is 370 g/mol. The van der Waals surface area contributed by atoms with Crippen molar-refractivity contribution in [3.8, 4) is 5.69 Å². The minimum Gasteiger partial charge on any atom is -0.378 e. The van der Waals surface area contributed by atoms with Crippen molar-refractivity contribution in [2.45, 2.75) is 64.9 Å². The Morgan fingerprint density at radius 2 is 1.96 bits per heavy atom. The first kappa shape index (κ1) is 19.6. The third-order valence-electron chi connectivity index (χ3n) is 5.24. The van der Waals surface area contributed by atoms with Gasteiger partial charge in [0.05, 0.1) is 29.2 Å². The fourth-order valence-corrected chi connectivity index (χ4v) is 3.66. The van der Waals surface area contributed by atoms with Crippen LogP contribution in [-0.2, 0) is 11.2 Å². The number of hydrogen-bond acceptors (Lipinski definition) is 3. The normalized spacial score (nSPS) is 15.0. The monoisotopic (exact) mass is 369 g/mol. The van der Waals surface area contributed by atoms with Gasteiger partial charge in [-0.3, -0.25) is 4.79 Å². The van der Waals surface area contributed by atoms with Crippen LogP contribution in [0.1, 0.15) is 67.1 Å². The van der Waals surface area contributed by atoms with Gasteiger partial charge in [-0.05, 0) is 44.7 Å². The number of aryl methyl sites for hydroxylation is 1. The van der Waals surface area contributed by atoms with E-state index in [1.807, 2.05) is 16.8 Å². The highest BCUT2D eigenvalue weighted by Crippen LogP contribution is 2.20. The van der Waals surface area contributed by atoms with E-state index in [9.17, 15) is 4.79 Å². The van der Waals surface area contributed by atoms with Crippen LogP contribution in [0.15, 0.2) is 30.5 Å². The fraction of sp³-hybridized carbons (Fsp3) is 0.545. The van der Waals surface area contributed by atoms with Gasteiger partial charge in [0.25, 0.3) is 5.91 Å². The minimum atomic E-state index is -0.0529. The van der Waals surface area contributed by atoms with E-state index in [0.717, 1.165) is 24.2 Å². The molecule has 0 radical (unpaired) electrons. The molecule has 0 saturated heterocycles. The fourth-order valence-electron chi connectivity index (χ4n) is 3.66. The molecule has 0 bridgehead atoms. The van der Waals surface area contributed by atoms with E-state index < -0.39 is 0 Å². The molecule has 1 aliphatic carbocycles. The lowest BCUT2D eigenvalue weighted by atomic mass is 9.98. The highest BCUT2D eigenvalue weighted by Gasteiger charge is 2.17. The molecule has 0 aliphatic heterocycles. The van der Waals surface area contributed by atoms with Gasteiger partial charge in [0.15, 0.2) is 0 Å². The van der Waals surface area contributed by atoms with Crippen LogP contribution in [0, 0.1) is 6.92 Å². The van der Waals surface area contributed by atoms with Gasteiger partial charge >= 0.3 is 0 Å². The molecule has 1 heterocycles. The number of nitrogens with one attached hydrogen (secondary N) is 1. The molecule has 1 saturated carbocycles. The van der Waals surface area contributed by atoms with E-state index in [2.05, 4.69) is 36.4 Å². The molecule has 146 valence electrons. The zero-order valence-electron chi connectivity index (χ0n) is 16.5. The van der Waals surface area contributed by atoms with Crippen LogP contribution < -0.4 is 5.32 Å². The predicted octanol–water partition coefficient (Wildman–Crippen LogP) is 4.21. The summed E-state index contributed by atoms with van der Waals surface area (Å²) in [7, 11) is 0. The van der Waals surface area contributed by atoms with Crippen LogP contribution in [-0.4, -0.2) is 34.9 Å². The van der Waals surface area contributed by atoms with Crippen molar-refractivity contribution in [3.63, 3.8) is 0 Å². The molecule has 0 spiro atoms. The Morgan fingerprint density at radius 1 is 1.22 bits per heavy atom. The van der Waals surface area contributed by atoms with Crippen LogP contribution in [0.3, 0.4) is 0 Å². The predicted molar refractivity (Wildman–Crippen MR) is 107 cm³/mol. The topological polar surface area (TPSA) is 56.1 Å². The Kier molecular flexibility index (Phi) is 7.04. The molecule has 1 amide bonds. The molecule has 2 aromatic rings. The quantitative estimate of drug-likeness (QED) is 0.709. The Hall–Kier alpha value is -2.14. The van der Waals surface area contributed by atoms with E-state index >= 15 is 0 Å². The molecule has 3 rings (SSSR count). The SMILES string of the molecule is CCc1c(C(=O)NCCCOC2CCCCC2)cnn1-c1ccc(C)cc1. The van der Waals surface area contributed by atoms with E-state index in [4.69, 9.17) is 4.74 Å². The van der Waals surface area contributed by atoms with Gasteiger partial charge in [-0.25, -0.2) is 4.68 Å². The van der Waals surface area contributed by atoms with Gasteiger partial charge in [0, 0.05) is 13.2 Å². The van der Waals surface area contributed by atoms with Crippen molar-refractivity contribution in [1.82, 2.24) is 15.1 Å². The van der Waals surface area contributed by atoms with Gasteiger partial charge in [0.1, 0.15) is 0 Å².